The Labute approximate surface area is 130 Å². The maximum atomic E-state index is 12.5. The third kappa shape index (κ3) is 3.84. The van der Waals surface area contributed by atoms with Crippen molar-refractivity contribution >= 4 is 39.3 Å². The number of carboxylic acid groups (broad SMARTS) is 1. The van der Waals surface area contributed by atoms with Crippen molar-refractivity contribution in [2.75, 3.05) is 25.9 Å². The number of carbonyl (C=O) groups is 1. The van der Waals surface area contributed by atoms with Gasteiger partial charge in [0.1, 0.15) is 4.83 Å². The molecular formula is C13H17N3O3S2. The molecule has 6 nitrogen and oxygen atoms in total. The number of hydrogen-bond donors (Lipinski definition) is 1. The zero-order chi connectivity index (χ0) is 15.4. The molecule has 2 aromatic heterocycles. The van der Waals surface area contributed by atoms with Crippen LogP contribution < -0.4 is 5.56 Å². The van der Waals surface area contributed by atoms with Gasteiger partial charge in [-0.3, -0.25) is 14.2 Å². The Morgan fingerprint density at radius 1 is 1.57 bits per heavy atom. The van der Waals surface area contributed by atoms with Crippen LogP contribution in [0.3, 0.4) is 0 Å². The molecule has 21 heavy (non-hydrogen) atoms. The maximum Gasteiger partial charge on any atom is 0.313 e. The van der Waals surface area contributed by atoms with Crippen LogP contribution in [0.25, 0.3) is 10.2 Å². The van der Waals surface area contributed by atoms with Gasteiger partial charge in [-0.05, 0) is 25.0 Å². The van der Waals surface area contributed by atoms with Gasteiger partial charge >= 0.3 is 5.97 Å². The molecule has 0 atom stereocenters. The third-order valence-corrected chi connectivity index (χ3v) is 4.89. The molecule has 0 amide bonds. The fourth-order valence-corrected chi connectivity index (χ4v) is 3.34. The summed E-state index contributed by atoms with van der Waals surface area (Å²) < 4.78 is 1.58. The van der Waals surface area contributed by atoms with Crippen LogP contribution >= 0.6 is 23.1 Å². The number of thioether (sulfide) groups is 1. The van der Waals surface area contributed by atoms with Gasteiger partial charge in [-0.2, -0.15) is 0 Å². The molecule has 0 aromatic carbocycles. The minimum Gasteiger partial charge on any atom is -0.481 e. The summed E-state index contributed by atoms with van der Waals surface area (Å²) in [7, 11) is 1.98. The Kier molecular flexibility index (Phi) is 5.38. The average molecular weight is 327 g/mol. The predicted octanol–water partition coefficient (Wildman–Crippen LogP) is 1.59. The molecule has 0 unspecified atom stereocenters. The highest BCUT2D eigenvalue weighted by Gasteiger charge is 2.14. The molecular weight excluding hydrogens is 310 g/mol. The number of nitrogens with zero attached hydrogens (tertiary/aromatic N) is 3. The number of fused-ring (bicyclic) bond motifs is 1. The van der Waals surface area contributed by atoms with Crippen LogP contribution in [0.15, 0.2) is 21.4 Å². The summed E-state index contributed by atoms with van der Waals surface area (Å²) in [5.41, 5.74) is -0.0985. The Balaban J connectivity index is 2.37. The molecule has 1 N–H and O–H groups in total. The van der Waals surface area contributed by atoms with Gasteiger partial charge in [-0.15, -0.1) is 11.3 Å². The first-order valence-electron chi connectivity index (χ1n) is 6.54. The summed E-state index contributed by atoms with van der Waals surface area (Å²) in [6.07, 6.45) is 0. The second kappa shape index (κ2) is 7.06. The summed E-state index contributed by atoms with van der Waals surface area (Å²) in [6, 6.07) is 1.76. The highest BCUT2D eigenvalue weighted by Crippen LogP contribution is 2.21. The lowest BCUT2D eigenvalue weighted by molar-refractivity contribution is -0.133. The number of hydrogen-bond acceptors (Lipinski definition) is 6. The smallest absolute Gasteiger partial charge is 0.313 e. The summed E-state index contributed by atoms with van der Waals surface area (Å²) in [6.45, 7) is 4.15. The molecule has 0 fully saturated rings. The van der Waals surface area contributed by atoms with Gasteiger partial charge in [-0.1, -0.05) is 18.7 Å². The summed E-state index contributed by atoms with van der Waals surface area (Å²) in [5, 5.41) is 11.7. The minimum absolute atomic E-state index is 0.0985. The molecule has 8 heteroatoms. The van der Waals surface area contributed by atoms with E-state index in [9.17, 15) is 9.59 Å². The molecule has 114 valence electrons. The molecule has 2 aromatic rings. The fraction of sp³-hybridized carbons (Fsp3) is 0.462. The first kappa shape index (κ1) is 16.0. The number of rotatable bonds is 7. The van der Waals surface area contributed by atoms with E-state index in [4.69, 9.17) is 5.11 Å². The standard InChI is InChI=1S/C13H17N3O3S2/c1-3-15(2)5-6-16-12(19)9-4-7-20-11(9)14-13(16)21-8-10(17)18/h4,7H,3,5-6,8H2,1-2H3,(H,17,18). The molecule has 0 spiro atoms. The molecule has 0 aliphatic heterocycles. The van der Waals surface area contributed by atoms with Gasteiger partial charge in [-0.25, -0.2) is 4.98 Å². The molecule has 2 heterocycles. The Hall–Kier alpha value is -1.38. The van der Waals surface area contributed by atoms with E-state index in [0.717, 1.165) is 18.3 Å². The van der Waals surface area contributed by atoms with Crippen LogP contribution in [0.2, 0.25) is 0 Å². The lowest BCUT2D eigenvalue weighted by Gasteiger charge is -2.16. The Morgan fingerprint density at radius 2 is 2.33 bits per heavy atom. The van der Waals surface area contributed by atoms with E-state index in [-0.39, 0.29) is 11.3 Å². The lowest BCUT2D eigenvalue weighted by atomic mass is 10.4. The highest BCUT2D eigenvalue weighted by molar-refractivity contribution is 7.99. The number of likely N-dealkylation sites (N-methyl/N-ethyl adjacent to an activating group) is 1. The molecule has 0 bridgehead atoms. The molecule has 0 aliphatic carbocycles. The van der Waals surface area contributed by atoms with Gasteiger partial charge in [0.25, 0.3) is 5.56 Å². The second-order valence-electron chi connectivity index (χ2n) is 4.57. The van der Waals surface area contributed by atoms with E-state index in [0.29, 0.717) is 28.5 Å². The van der Waals surface area contributed by atoms with Crippen molar-refractivity contribution in [1.82, 2.24) is 14.5 Å². The molecule has 2 rings (SSSR count). The van der Waals surface area contributed by atoms with Gasteiger partial charge in [0, 0.05) is 13.1 Å². The summed E-state index contributed by atoms with van der Waals surface area (Å²) in [4.78, 5) is 30.4. The second-order valence-corrected chi connectivity index (χ2v) is 6.41. The number of carboxylic acids is 1. The first-order valence-corrected chi connectivity index (χ1v) is 8.40. The van der Waals surface area contributed by atoms with Crippen LogP contribution in [0.4, 0.5) is 0 Å². The highest BCUT2D eigenvalue weighted by atomic mass is 32.2. The SMILES string of the molecule is CCN(C)CCn1c(SCC(=O)O)nc2sccc2c1=O. The molecule has 0 saturated carbocycles. The van der Waals surface area contributed by atoms with E-state index >= 15 is 0 Å². The fourth-order valence-electron chi connectivity index (χ4n) is 1.79. The summed E-state index contributed by atoms with van der Waals surface area (Å²) in [5.74, 6) is -1.02. The van der Waals surface area contributed by atoms with Crippen LogP contribution in [0.5, 0.6) is 0 Å². The zero-order valence-electron chi connectivity index (χ0n) is 11.9. The van der Waals surface area contributed by atoms with Crippen LogP contribution in [0, 0.1) is 0 Å². The van der Waals surface area contributed by atoms with Crippen molar-refractivity contribution in [2.45, 2.75) is 18.6 Å². The van der Waals surface area contributed by atoms with Crippen LogP contribution in [-0.2, 0) is 11.3 Å². The third-order valence-electron chi connectivity index (χ3n) is 3.12. The van der Waals surface area contributed by atoms with Gasteiger partial charge < -0.3 is 10.0 Å². The van der Waals surface area contributed by atoms with Gasteiger partial charge in [0.15, 0.2) is 5.16 Å². The molecule has 0 saturated heterocycles. The van der Waals surface area contributed by atoms with E-state index in [1.165, 1.54) is 11.3 Å². The van der Waals surface area contributed by atoms with Gasteiger partial charge in [0.2, 0.25) is 0 Å². The molecule has 0 aliphatic rings. The van der Waals surface area contributed by atoms with E-state index < -0.39 is 5.97 Å². The normalized spacial score (nSPS) is 11.4. The van der Waals surface area contributed by atoms with E-state index in [1.54, 1.807) is 10.6 Å². The quantitative estimate of drug-likeness (QED) is 0.615. The largest absolute Gasteiger partial charge is 0.481 e. The lowest BCUT2D eigenvalue weighted by Crippen LogP contribution is -2.30. The maximum absolute atomic E-state index is 12.5. The average Bonchev–Trinajstić information content (AvgIpc) is 2.92. The van der Waals surface area contributed by atoms with Crippen molar-refractivity contribution in [3.05, 3.63) is 21.8 Å². The van der Waals surface area contributed by atoms with Gasteiger partial charge in [0.05, 0.1) is 11.1 Å². The topological polar surface area (TPSA) is 75.4 Å². The van der Waals surface area contributed by atoms with Crippen molar-refractivity contribution < 1.29 is 9.90 Å². The molecule has 0 radical (unpaired) electrons. The first-order chi connectivity index (χ1) is 10.0. The number of thiophene rings is 1. The van der Waals surface area contributed by atoms with Crippen LogP contribution in [0.1, 0.15) is 6.92 Å². The number of aromatic nitrogens is 2. The van der Waals surface area contributed by atoms with Crippen molar-refractivity contribution in [2.24, 2.45) is 0 Å². The zero-order valence-corrected chi connectivity index (χ0v) is 13.5. The number of aliphatic carboxylic acids is 1. The minimum atomic E-state index is -0.919. The summed E-state index contributed by atoms with van der Waals surface area (Å²) >= 11 is 2.48. The Morgan fingerprint density at radius 3 is 3.00 bits per heavy atom. The predicted molar refractivity (Wildman–Crippen MR) is 85.4 cm³/mol. The van der Waals surface area contributed by atoms with Crippen molar-refractivity contribution in [3.8, 4) is 0 Å². The van der Waals surface area contributed by atoms with E-state index in [1.807, 2.05) is 19.4 Å². The Bertz CT molecular complexity index is 696. The van der Waals surface area contributed by atoms with E-state index in [2.05, 4.69) is 9.88 Å². The van der Waals surface area contributed by atoms with Crippen LogP contribution in [-0.4, -0.2) is 51.4 Å². The monoisotopic (exact) mass is 327 g/mol. The van der Waals surface area contributed by atoms with Crippen molar-refractivity contribution in [1.29, 1.82) is 0 Å². The van der Waals surface area contributed by atoms with Crippen molar-refractivity contribution in [3.63, 3.8) is 0 Å².